The molecule has 0 aliphatic rings. The highest BCUT2D eigenvalue weighted by atomic mass is 35.5. The largest absolute Gasteiger partial charge is 0.449 e. The number of nitro groups is 1. The molecule has 1 N–H and O–H groups in total. The number of non-ortho nitro benzene ring substituents is 1. The van der Waals surface area contributed by atoms with E-state index in [0.29, 0.717) is 6.61 Å². The second kappa shape index (κ2) is 9.11. The summed E-state index contributed by atoms with van der Waals surface area (Å²) in [7, 11) is 1.57. The number of hydrogen-bond acceptors (Lipinski definition) is 6. The van der Waals surface area contributed by atoms with Gasteiger partial charge in [0, 0.05) is 19.2 Å². The number of anilines is 1. The number of hydrogen-bond donors (Lipinski definition) is 1. The van der Waals surface area contributed by atoms with E-state index in [0.717, 1.165) is 11.6 Å². The van der Waals surface area contributed by atoms with Gasteiger partial charge in [0.15, 0.2) is 6.10 Å². The SMILES string of the molecule is COCc1ccc(C(=O)OC(C)C(=O)Nc2cc([N+](=O)[O-])ccc2Cl)cc1. The summed E-state index contributed by atoms with van der Waals surface area (Å²) in [5.74, 6) is -1.34. The molecule has 0 aromatic heterocycles. The third-order valence-electron chi connectivity index (χ3n) is 3.57. The lowest BCUT2D eigenvalue weighted by Gasteiger charge is -2.14. The van der Waals surface area contributed by atoms with Crippen LogP contribution in [-0.2, 0) is 20.9 Å². The zero-order valence-corrected chi connectivity index (χ0v) is 15.4. The zero-order valence-electron chi connectivity index (χ0n) is 14.6. The van der Waals surface area contributed by atoms with Crippen LogP contribution in [0.3, 0.4) is 0 Å². The van der Waals surface area contributed by atoms with Gasteiger partial charge in [0.2, 0.25) is 0 Å². The van der Waals surface area contributed by atoms with Gasteiger partial charge in [0.1, 0.15) is 0 Å². The van der Waals surface area contributed by atoms with Crippen LogP contribution >= 0.6 is 11.6 Å². The summed E-state index contributed by atoms with van der Waals surface area (Å²) in [6, 6.07) is 10.2. The highest BCUT2D eigenvalue weighted by molar-refractivity contribution is 6.33. The molecule has 0 fully saturated rings. The van der Waals surface area contributed by atoms with Crippen LogP contribution in [0.1, 0.15) is 22.8 Å². The van der Waals surface area contributed by atoms with E-state index < -0.39 is 22.9 Å². The van der Waals surface area contributed by atoms with Crippen LogP contribution in [0.4, 0.5) is 11.4 Å². The summed E-state index contributed by atoms with van der Waals surface area (Å²) in [4.78, 5) is 34.6. The van der Waals surface area contributed by atoms with Gasteiger partial charge >= 0.3 is 5.97 Å². The van der Waals surface area contributed by atoms with Gasteiger partial charge < -0.3 is 14.8 Å². The third kappa shape index (κ3) is 5.50. The first-order valence-corrected chi connectivity index (χ1v) is 8.23. The molecule has 2 aromatic rings. The Kier molecular flexibility index (Phi) is 6.86. The van der Waals surface area contributed by atoms with Crippen LogP contribution in [0.5, 0.6) is 0 Å². The number of amides is 1. The van der Waals surface area contributed by atoms with Gasteiger partial charge in [0.05, 0.1) is 27.8 Å². The number of carbonyl (C=O) groups excluding carboxylic acids is 2. The molecule has 0 heterocycles. The van der Waals surface area contributed by atoms with Crippen molar-refractivity contribution in [3.63, 3.8) is 0 Å². The molecule has 27 heavy (non-hydrogen) atoms. The van der Waals surface area contributed by atoms with E-state index in [4.69, 9.17) is 21.1 Å². The minimum absolute atomic E-state index is 0.0580. The van der Waals surface area contributed by atoms with Gasteiger partial charge in [0.25, 0.3) is 11.6 Å². The summed E-state index contributed by atoms with van der Waals surface area (Å²) >= 11 is 5.94. The first kappa shape index (κ1) is 20.3. The van der Waals surface area contributed by atoms with Crippen molar-refractivity contribution in [1.82, 2.24) is 0 Å². The lowest BCUT2D eigenvalue weighted by atomic mass is 10.1. The molecule has 0 saturated heterocycles. The lowest BCUT2D eigenvalue weighted by molar-refractivity contribution is -0.384. The predicted octanol–water partition coefficient (Wildman–Crippen LogP) is 3.58. The summed E-state index contributed by atoms with van der Waals surface area (Å²) < 4.78 is 10.1. The van der Waals surface area contributed by atoms with Gasteiger partial charge in [-0.25, -0.2) is 4.79 Å². The summed E-state index contributed by atoms with van der Waals surface area (Å²) in [5, 5.41) is 13.4. The van der Waals surface area contributed by atoms with Crippen molar-refractivity contribution >= 4 is 34.9 Å². The van der Waals surface area contributed by atoms with Crippen LogP contribution in [0.2, 0.25) is 5.02 Å². The maximum absolute atomic E-state index is 12.2. The molecule has 1 atom stereocenters. The lowest BCUT2D eigenvalue weighted by Crippen LogP contribution is -2.30. The number of nitrogens with one attached hydrogen (secondary N) is 1. The summed E-state index contributed by atoms with van der Waals surface area (Å²) in [6.07, 6.45) is -1.13. The molecule has 2 aromatic carbocycles. The van der Waals surface area contributed by atoms with Gasteiger partial charge in [-0.3, -0.25) is 14.9 Å². The number of rotatable bonds is 7. The fourth-order valence-corrected chi connectivity index (χ4v) is 2.31. The molecular formula is C18H17ClN2O6. The van der Waals surface area contributed by atoms with Crippen LogP contribution < -0.4 is 5.32 Å². The second-order valence-electron chi connectivity index (χ2n) is 5.59. The molecule has 142 valence electrons. The molecule has 0 radical (unpaired) electrons. The van der Waals surface area contributed by atoms with E-state index in [9.17, 15) is 19.7 Å². The van der Waals surface area contributed by atoms with E-state index >= 15 is 0 Å². The van der Waals surface area contributed by atoms with E-state index in [1.54, 1.807) is 31.4 Å². The second-order valence-corrected chi connectivity index (χ2v) is 6.00. The highest BCUT2D eigenvalue weighted by Gasteiger charge is 2.21. The van der Waals surface area contributed by atoms with Crippen molar-refractivity contribution in [3.05, 3.63) is 68.7 Å². The molecule has 9 heteroatoms. The molecule has 8 nitrogen and oxygen atoms in total. The topological polar surface area (TPSA) is 108 Å². The minimum atomic E-state index is -1.13. The third-order valence-corrected chi connectivity index (χ3v) is 3.90. The Morgan fingerprint density at radius 1 is 1.22 bits per heavy atom. The quantitative estimate of drug-likeness (QED) is 0.438. The van der Waals surface area contributed by atoms with Crippen molar-refractivity contribution in [2.45, 2.75) is 19.6 Å². The molecule has 2 rings (SSSR count). The van der Waals surface area contributed by atoms with Gasteiger partial charge in [-0.15, -0.1) is 0 Å². The maximum atomic E-state index is 12.2. The molecule has 0 spiro atoms. The number of ether oxygens (including phenoxy) is 2. The van der Waals surface area contributed by atoms with Crippen molar-refractivity contribution in [2.75, 3.05) is 12.4 Å². The highest BCUT2D eigenvalue weighted by Crippen LogP contribution is 2.27. The van der Waals surface area contributed by atoms with Crippen LogP contribution in [0.15, 0.2) is 42.5 Å². The normalized spacial score (nSPS) is 11.5. The monoisotopic (exact) mass is 392 g/mol. The Labute approximate surface area is 160 Å². The van der Waals surface area contributed by atoms with Crippen LogP contribution in [-0.4, -0.2) is 30.0 Å². The number of nitro benzene ring substituents is 1. The van der Waals surface area contributed by atoms with Gasteiger partial charge in [-0.05, 0) is 30.7 Å². The average Bonchev–Trinajstić information content (AvgIpc) is 2.64. The maximum Gasteiger partial charge on any atom is 0.338 e. The fourth-order valence-electron chi connectivity index (χ4n) is 2.14. The smallest absolute Gasteiger partial charge is 0.338 e. The van der Waals surface area contributed by atoms with Gasteiger partial charge in [-0.1, -0.05) is 23.7 Å². The van der Waals surface area contributed by atoms with Crippen LogP contribution in [0, 0.1) is 10.1 Å². The molecule has 0 saturated carbocycles. The first-order valence-electron chi connectivity index (χ1n) is 7.85. The van der Waals surface area contributed by atoms with Crippen molar-refractivity contribution in [2.24, 2.45) is 0 Å². The standard InChI is InChI=1S/C18H17ClN2O6/c1-11(27-18(23)13-5-3-12(4-6-13)10-26-2)17(22)20-16-9-14(21(24)25)7-8-15(16)19/h3-9,11H,10H2,1-2H3,(H,20,22). The summed E-state index contributed by atoms with van der Waals surface area (Å²) in [6.45, 7) is 1.80. The molecule has 0 bridgehead atoms. The molecule has 0 aliphatic heterocycles. The van der Waals surface area contributed by atoms with Crippen molar-refractivity contribution in [1.29, 1.82) is 0 Å². The van der Waals surface area contributed by atoms with Crippen molar-refractivity contribution < 1.29 is 24.0 Å². The Morgan fingerprint density at radius 2 is 1.89 bits per heavy atom. The first-order chi connectivity index (χ1) is 12.8. The molecular weight excluding hydrogens is 376 g/mol. The Bertz CT molecular complexity index is 853. The van der Waals surface area contributed by atoms with E-state index in [-0.39, 0.29) is 22.0 Å². The molecule has 1 unspecified atom stereocenters. The van der Waals surface area contributed by atoms with E-state index in [2.05, 4.69) is 5.32 Å². The Morgan fingerprint density at radius 3 is 2.48 bits per heavy atom. The number of halogens is 1. The van der Waals surface area contributed by atoms with Gasteiger partial charge in [-0.2, -0.15) is 0 Å². The number of methoxy groups -OCH3 is 1. The minimum Gasteiger partial charge on any atom is -0.449 e. The summed E-state index contributed by atoms with van der Waals surface area (Å²) in [5.41, 5.74) is 1.00. The zero-order chi connectivity index (χ0) is 20.0. The fraction of sp³-hybridized carbons (Fsp3) is 0.222. The number of nitrogens with zero attached hydrogens (tertiary/aromatic N) is 1. The number of esters is 1. The Hall–Kier alpha value is -2.97. The average molecular weight is 393 g/mol. The predicted molar refractivity (Wildman–Crippen MR) is 98.8 cm³/mol. The number of benzene rings is 2. The van der Waals surface area contributed by atoms with E-state index in [1.807, 2.05) is 0 Å². The van der Waals surface area contributed by atoms with Crippen molar-refractivity contribution in [3.8, 4) is 0 Å². The van der Waals surface area contributed by atoms with E-state index in [1.165, 1.54) is 19.1 Å². The Balaban J connectivity index is 2.02. The molecule has 1 amide bonds. The molecule has 0 aliphatic carbocycles. The van der Waals surface area contributed by atoms with Crippen LogP contribution in [0.25, 0.3) is 0 Å². The number of carbonyl (C=O) groups is 2.